The number of para-hydroxylation sites is 1. The normalized spacial score (nSPS) is 11.0. The predicted octanol–water partition coefficient (Wildman–Crippen LogP) is 2.62. The molecule has 4 nitrogen and oxygen atoms in total. The van der Waals surface area contributed by atoms with E-state index < -0.39 is 0 Å². The first-order chi connectivity index (χ1) is 9.28. The van der Waals surface area contributed by atoms with Gasteiger partial charge in [0.05, 0.1) is 12.1 Å². The number of aromatic nitrogens is 3. The number of nitrogens with two attached hydrogens (primary N) is 1. The summed E-state index contributed by atoms with van der Waals surface area (Å²) in [7, 11) is 0. The highest BCUT2D eigenvalue weighted by Gasteiger charge is 2.07. The zero-order chi connectivity index (χ0) is 13.2. The number of nitrogens with zero attached hydrogens (tertiary/aromatic N) is 3. The molecule has 0 saturated carbocycles. The van der Waals surface area contributed by atoms with Crippen LogP contribution in [0.4, 0.5) is 5.82 Å². The lowest BCUT2D eigenvalue weighted by Gasteiger charge is -2.10. The van der Waals surface area contributed by atoms with Crippen LogP contribution in [0.2, 0.25) is 0 Å². The van der Waals surface area contributed by atoms with E-state index in [1.165, 1.54) is 0 Å². The minimum Gasteiger partial charge on any atom is -0.383 e. The molecule has 4 heteroatoms. The van der Waals surface area contributed by atoms with Crippen molar-refractivity contribution in [3.05, 3.63) is 54.1 Å². The fourth-order valence-electron chi connectivity index (χ4n) is 2.28. The van der Waals surface area contributed by atoms with E-state index in [4.69, 9.17) is 5.73 Å². The van der Waals surface area contributed by atoms with Crippen LogP contribution in [0.15, 0.2) is 42.7 Å². The molecule has 0 saturated heterocycles. The lowest BCUT2D eigenvalue weighted by Crippen LogP contribution is -2.07. The van der Waals surface area contributed by atoms with Gasteiger partial charge in [-0.1, -0.05) is 25.1 Å². The molecule has 0 amide bonds. The van der Waals surface area contributed by atoms with Gasteiger partial charge in [0.1, 0.15) is 11.6 Å². The summed E-state index contributed by atoms with van der Waals surface area (Å²) in [6.07, 6.45) is 4.71. The number of benzene rings is 1. The van der Waals surface area contributed by atoms with Crippen molar-refractivity contribution < 1.29 is 0 Å². The monoisotopic (exact) mass is 252 g/mol. The molecule has 19 heavy (non-hydrogen) atoms. The van der Waals surface area contributed by atoms with E-state index in [2.05, 4.69) is 33.6 Å². The van der Waals surface area contributed by atoms with Gasteiger partial charge in [-0.2, -0.15) is 0 Å². The second-order valence-electron chi connectivity index (χ2n) is 4.55. The average molecular weight is 252 g/mol. The molecule has 0 bridgehead atoms. The Hall–Kier alpha value is -2.36. The number of hydrogen-bond acceptors (Lipinski definition) is 3. The molecule has 1 aromatic carbocycles. The summed E-state index contributed by atoms with van der Waals surface area (Å²) in [4.78, 5) is 8.78. The van der Waals surface area contributed by atoms with Gasteiger partial charge >= 0.3 is 0 Å². The smallest absolute Gasteiger partial charge is 0.129 e. The maximum Gasteiger partial charge on any atom is 0.129 e. The Bertz CT molecular complexity index is 715. The summed E-state index contributed by atoms with van der Waals surface area (Å²) in [5.74, 6) is 1.65. The maximum atomic E-state index is 6.05. The summed E-state index contributed by atoms with van der Waals surface area (Å²) in [5.41, 5.74) is 8.02. The Morgan fingerprint density at radius 2 is 2.11 bits per heavy atom. The number of hydrogen-bond donors (Lipinski definition) is 1. The van der Waals surface area contributed by atoms with E-state index >= 15 is 0 Å². The SMILES string of the molecule is CCc1nccn1Cc1cc2ccccc2nc1N. The standard InChI is InChI=1S/C15H16N4/c1-2-14-17-7-8-19(14)10-12-9-11-5-3-4-6-13(11)18-15(12)16/h3-9H,2,10H2,1H3,(H2,16,18). The Morgan fingerprint density at radius 3 is 2.95 bits per heavy atom. The number of fused-ring (bicyclic) bond motifs is 1. The van der Waals surface area contributed by atoms with Crippen molar-refractivity contribution >= 4 is 16.7 Å². The lowest BCUT2D eigenvalue weighted by atomic mass is 10.1. The molecule has 0 radical (unpaired) electrons. The largest absolute Gasteiger partial charge is 0.383 e. The third-order valence-electron chi connectivity index (χ3n) is 3.30. The van der Waals surface area contributed by atoms with Crippen LogP contribution in [0, 0.1) is 0 Å². The molecule has 2 heterocycles. The molecular formula is C15H16N4. The number of anilines is 1. The molecule has 0 aliphatic carbocycles. The second-order valence-corrected chi connectivity index (χ2v) is 4.55. The van der Waals surface area contributed by atoms with Crippen LogP contribution in [0.25, 0.3) is 10.9 Å². The molecular weight excluding hydrogens is 236 g/mol. The molecule has 2 N–H and O–H groups in total. The molecule has 0 spiro atoms. The highest BCUT2D eigenvalue weighted by molar-refractivity contribution is 5.81. The lowest BCUT2D eigenvalue weighted by molar-refractivity contribution is 0.732. The first-order valence-corrected chi connectivity index (χ1v) is 6.42. The highest BCUT2D eigenvalue weighted by atomic mass is 15.1. The van der Waals surface area contributed by atoms with Crippen molar-refractivity contribution in [3.63, 3.8) is 0 Å². The van der Waals surface area contributed by atoms with Crippen LogP contribution in [0.3, 0.4) is 0 Å². The fourth-order valence-corrected chi connectivity index (χ4v) is 2.28. The molecule has 0 atom stereocenters. The van der Waals surface area contributed by atoms with Crippen LogP contribution in [0.1, 0.15) is 18.3 Å². The Morgan fingerprint density at radius 1 is 1.26 bits per heavy atom. The second kappa shape index (κ2) is 4.72. The van der Waals surface area contributed by atoms with E-state index in [0.29, 0.717) is 12.4 Å². The Labute approximate surface area is 111 Å². The number of aryl methyl sites for hydroxylation is 1. The molecule has 2 aromatic heterocycles. The zero-order valence-corrected chi connectivity index (χ0v) is 10.9. The van der Waals surface area contributed by atoms with E-state index in [1.807, 2.05) is 30.6 Å². The third kappa shape index (κ3) is 2.17. The zero-order valence-electron chi connectivity index (χ0n) is 10.9. The average Bonchev–Trinajstić information content (AvgIpc) is 2.87. The van der Waals surface area contributed by atoms with E-state index in [-0.39, 0.29) is 0 Å². The van der Waals surface area contributed by atoms with Gasteiger partial charge in [-0.15, -0.1) is 0 Å². The molecule has 0 aliphatic heterocycles. The van der Waals surface area contributed by atoms with Crippen LogP contribution in [0.5, 0.6) is 0 Å². The molecule has 0 aliphatic rings. The minimum absolute atomic E-state index is 0.592. The van der Waals surface area contributed by atoms with Gasteiger partial charge in [0.15, 0.2) is 0 Å². The predicted molar refractivity (Wildman–Crippen MR) is 76.9 cm³/mol. The van der Waals surface area contributed by atoms with Gasteiger partial charge in [0.2, 0.25) is 0 Å². The fraction of sp³-hybridized carbons (Fsp3) is 0.200. The van der Waals surface area contributed by atoms with Gasteiger partial charge in [0, 0.05) is 29.8 Å². The van der Waals surface area contributed by atoms with Gasteiger partial charge in [0.25, 0.3) is 0 Å². The minimum atomic E-state index is 0.592. The summed E-state index contributed by atoms with van der Waals surface area (Å²) in [6, 6.07) is 10.1. The number of rotatable bonds is 3. The Balaban J connectivity index is 2.03. The topological polar surface area (TPSA) is 56.7 Å². The van der Waals surface area contributed by atoms with Gasteiger partial charge in [-0.25, -0.2) is 9.97 Å². The van der Waals surface area contributed by atoms with Crippen molar-refractivity contribution in [2.45, 2.75) is 19.9 Å². The number of pyridine rings is 1. The van der Waals surface area contributed by atoms with Crippen LogP contribution >= 0.6 is 0 Å². The number of nitrogen functional groups attached to an aromatic ring is 1. The highest BCUT2D eigenvalue weighted by Crippen LogP contribution is 2.19. The maximum absolute atomic E-state index is 6.05. The van der Waals surface area contributed by atoms with E-state index in [0.717, 1.165) is 28.7 Å². The van der Waals surface area contributed by atoms with Crippen molar-refractivity contribution in [2.24, 2.45) is 0 Å². The van der Waals surface area contributed by atoms with Crippen molar-refractivity contribution in [1.82, 2.24) is 14.5 Å². The molecule has 3 aromatic rings. The molecule has 3 rings (SSSR count). The van der Waals surface area contributed by atoms with Gasteiger partial charge in [-0.05, 0) is 12.1 Å². The van der Waals surface area contributed by atoms with E-state index in [1.54, 1.807) is 0 Å². The first-order valence-electron chi connectivity index (χ1n) is 6.42. The number of imidazole rings is 1. The van der Waals surface area contributed by atoms with Gasteiger partial charge < -0.3 is 10.3 Å². The third-order valence-corrected chi connectivity index (χ3v) is 3.30. The van der Waals surface area contributed by atoms with Crippen LogP contribution in [-0.4, -0.2) is 14.5 Å². The summed E-state index contributed by atoms with van der Waals surface area (Å²) in [6.45, 7) is 2.81. The Kier molecular flexibility index (Phi) is 2.91. The van der Waals surface area contributed by atoms with Gasteiger partial charge in [-0.3, -0.25) is 0 Å². The van der Waals surface area contributed by atoms with Crippen LogP contribution in [-0.2, 0) is 13.0 Å². The summed E-state index contributed by atoms with van der Waals surface area (Å²) < 4.78 is 2.11. The quantitative estimate of drug-likeness (QED) is 0.779. The van der Waals surface area contributed by atoms with Crippen molar-refractivity contribution in [1.29, 1.82) is 0 Å². The van der Waals surface area contributed by atoms with Crippen molar-refractivity contribution in [2.75, 3.05) is 5.73 Å². The molecule has 96 valence electrons. The van der Waals surface area contributed by atoms with Crippen LogP contribution < -0.4 is 5.73 Å². The first kappa shape index (κ1) is 11.7. The molecule has 0 fully saturated rings. The summed E-state index contributed by atoms with van der Waals surface area (Å²) >= 11 is 0. The summed E-state index contributed by atoms with van der Waals surface area (Å²) in [5, 5.41) is 1.12. The van der Waals surface area contributed by atoms with E-state index in [9.17, 15) is 0 Å². The molecule has 0 unspecified atom stereocenters. The van der Waals surface area contributed by atoms with Crippen molar-refractivity contribution in [3.8, 4) is 0 Å².